The van der Waals surface area contributed by atoms with E-state index in [9.17, 15) is 4.79 Å². The molecule has 17 heavy (non-hydrogen) atoms. The highest BCUT2D eigenvalue weighted by Gasteiger charge is 2.18. The summed E-state index contributed by atoms with van der Waals surface area (Å²) >= 11 is 3.92. The number of rotatable bonds is 3. The van der Waals surface area contributed by atoms with E-state index in [0.717, 1.165) is 0 Å². The zero-order chi connectivity index (χ0) is 12.1. The van der Waals surface area contributed by atoms with Crippen LogP contribution in [-0.4, -0.2) is 24.0 Å². The van der Waals surface area contributed by atoms with Gasteiger partial charge in [-0.05, 0) is 17.7 Å². The average molecular weight is 263 g/mol. The molecule has 1 fully saturated rings. The molecule has 1 N–H and O–H groups in total. The second-order valence-electron chi connectivity index (χ2n) is 3.58. The van der Waals surface area contributed by atoms with Gasteiger partial charge in [-0.1, -0.05) is 18.1 Å². The third-order valence-electron chi connectivity index (χ3n) is 2.42. The van der Waals surface area contributed by atoms with Crippen molar-refractivity contribution in [1.82, 2.24) is 5.32 Å². The van der Waals surface area contributed by atoms with E-state index in [0.29, 0.717) is 10.1 Å². The second kappa shape index (κ2) is 6.04. The van der Waals surface area contributed by atoms with Gasteiger partial charge in [-0.15, -0.1) is 29.9 Å². The van der Waals surface area contributed by atoms with Gasteiger partial charge in [0, 0.05) is 17.1 Å². The molecule has 1 aliphatic heterocycles. The van der Waals surface area contributed by atoms with E-state index in [1.807, 2.05) is 47.8 Å². The second-order valence-corrected chi connectivity index (χ2v) is 6.31. The van der Waals surface area contributed by atoms with E-state index in [1.54, 1.807) is 0 Å². The van der Waals surface area contributed by atoms with E-state index < -0.39 is 0 Å². The third kappa shape index (κ3) is 3.21. The van der Waals surface area contributed by atoms with Crippen molar-refractivity contribution in [2.75, 3.05) is 18.1 Å². The van der Waals surface area contributed by atoms with Crippen LogP contribution >= 0.6 is 23.5 Å². The van der Waals surface area contributed by atoms with Crippen molar-refractivity contribution >= 4 is 29.4 Å². The number of nitrogens with one attached hydrogen (secondary N) is 1. The minimum Gasteiger partial charge on any atom is -0.341 e. The summed E-state index contributed by atoms with van der Waals surface area (Å²) in [5.41, 5.74) is 1.95. The van der Waals surface area contributed by atoms with Crippen LogP contribution in [0.4, 0.5) is 0 Å². The summed E-state index contributed by atoms with van der Waals surface area (Å²) < 4.78 is 0.526. The summed E-state index contributed by atoms with van der Waals surface area (Å²) in [7, 11) is 0. The van der Waals surface area contributed by atoms with Crippen molar-refractivity contribution in [3.63, 3.8) is 0 Å². The van der Waals surface area contributed by atoms with Crippen molar-refractivity contribution in [3.8, 4) is 12.3 Å². The maximum atomic E-state index is 11.6. The van der Waals surface area contributed by atoms with E-state index in [2.05, 4.69) is 11.2 Å². The van der Waals surface area contributed by atoms with Crippen LogP contribution < -0.4 is 5.32 Å². The van der Waals surface area contributed by atoms with Gasteiger partial charge in [-0.2, -0.15) is 0 Å². The van der Waals surface area contributed by atoms with Crippen molar-refractivity contribution < 1.29 is 4.79 Å². The molecular formula is C13H13NOS2. The molecule has 1 saturated heterocycles. The topological polar surface area (TPSA) is 29.1 Å². The Morgan fingerprint density at radius 2 is 2.00 bits per heavy atom. The smallest absolute Gasteiger partial charge is 0.252 e. The third-order valence-corrected chi connectivity index (χ3v) is 5.52. The summed E-state index contributed by atoms with van der Waals surface area (Å²) in [5.74, 6) is 4.69. The lowest BCUT2D eigenvalue weighted by Crippen LogP contribution is -2.23. The van der Waals surface area contributed by atoms with Crippen molar-refractivity contribution in [2.45, 2.75) is 4.58 Å². The van der Waals surface area contributed by atoms with Gasteiger partial charge < -0.3 is 5.32 Å². The molecule has 88 valence electrons. The van der Waals surface area contributed by atoms with Gasteiger partial charge in [0.25, 0.3) is 5.91 Å². The summed E-state index contributed by atoms with van der Waals surface area (Å²) in [6.45, 7) is 0.273. The highest BCUT2D eigenvalue weighted by Crippen LogP contribution is 2.45. The highest BCUT2D eigenvalue weighted by atomic mass is 32.2. The molecular weight excluding hydrogens is 250 g/mol. The van der Waals surface area contributed by atoms with Gasteiger partial charge in [0.2, 0.25) is 0 Å². The lowest BCUT2D eigenvalue weighted by Gasteiger charge is -2.08. The SMILES string of the molecule is C#CCNC(=O)c1ccc(C2SCCS2)cc1. The van der Waals surface area contributed by atoms with E-state index >= 15 is 0 Å². The maximum Gasteiger partial charge on any atom is 0.252 e. The number of amides is 1. The van der Waals surface area contributed by atoms with Crippen molar-refractivity contribution in [2.24, 2.45) is 0 Å². The Hall–Kier alpha value is -1.05. The first-order valence-corrected chi connectivity index (χ1v) is 7.46. The molecule has 2 nitrogen and oxygen atoms in total. The molecule has 1 amide bonds. The van der Waals surface area contributed by atoms with Crippen molar-refractivity contribution in [3.05, 3.63) is 35.4 Å². The molecule has 1 aromatic rings. The number of benzene rings is 1. The summed E-state index contributed by atoms with van der Waals surface area (Å²) in [4.78, 5) is 11.6. The van der Waals surface area contributed by atoms with E-state index in [-0.39, 0.29) is 12.5 Å². The largest absolute Gasteiger partial charge is 0.341 e. The molecule has 1 aromatic carbocycles. The van der Waals surface area contributed by atoms with Gasteiger partial charge in [0.15, 0.2) is 0 Å². The average Bonchev–Trinajstić information content (AvgIpc) is 2.90. The normalized spacial score (nSPS) is 15.5. The molecule has 1 aliphatic rings. The quantitative estimate of drug-likeness (QED) is 0.850. The van der Waals surface area contributed by atoms with Gasteiger partial charge in [0.05, 0.1) is 11.1 Å². The van der Waals surface area contributed by atoms with Crippen LogP contribution in [0.1, 0.15) is 20.5 Å². The number of carbonyl (C=O) groups is 1. The summed E-state index contributed by atoms with van der Waals surface area (Å²) in [6, 6.07) is 7.78. The Labute approximate surface area is 110 Å². The summed E-state index contributed by atoms with van der Waals surface area (Å²) in [5, 5.41) is 2.65. The summed E-state index contributed by atoms with van der Waals surface area (Å²) in [6.07, 6.45) is 5.09. The molecule has 0 bridgehead atoms. The number of carbonyl (C=O) groups excluding carboxylic acids is 1. The van der Waals surface area contributed by atoms with Crippen LogP contribution in [0.5, 0.6) is 0 Å². The molecule has 4 heteroatoms. The fourth-order valence-corrected chi connectivity index (χ4v) is 4.44. The van der Waals surface area contributed by atoms with Crippen LogP contribution in [0.2, 0.25) is 0 Å². The van der Waals surface area contributed by atoms with Crippen molar-refractivity contribution in [1.29, 1.82) is 0 Å². The lowest BCUT2D eigenvalue weighted by atomic mass is 10.1. The zero-order valence-electron chi connectivity index (χ0n) is 9.31. The maximum absolute atomic E-state index is 11.6. The van der Waals surface area contributed by atoms with Crippen LogP contribution in [-0.2, 0) is 0 Å². The number of hydrogen-bond donors (Lipinski definition) is 1. The molecule has 0 aromatic heterocycles. The first-order chi connectivity index (χ1) is 8.31. The minimum atomic E-state index is -0.110. The number of hydrogen-bond acceptors (Lipinski definition) is 3. The number of thioether (sulfide) groups is 2. The molecule has 0 aliphatic carbocycles. The predicted molar refractivity (Wildman–Crippen MR) is 75.3 cm³/mol. The van der Waals surface area contributed by atoms with Crippen LogP contribution in [0.15, 0.2) is 24.3 Å². The minimum absolute atomic E-state index is 0.110. The fraction of sp³-hybridized carbons (Fsp3) is 0.308. The molecule has 0 atom stereocenters. The first-order valence-electron chi connectivity index (χ1n) is 5.36. The Bertz CT molecular complexity index is 430. The number of terminal acetylenes is 1. The lowest BCUT2D eigenvalue weighted by molar-refractivity contribution is 0.0958. The van der Waals surface area contributed by atoms with E-state index in [4.69, 9.17) is 6.42 Å². The molecule has 2 rings (SSSR count). The van der Waals surface area contributed by atoms with Gasteiger partial charge >= 0.3 is 0 Å². The Morgan fingerprint density at radius 3 is 2.59 bits per heavy atom. The zero-order valence-corrected chi connectivity index (χ0v) is 10.9. The molecule has 0 spiro atoms. The molecule has 0 saturated carbocycles. The molecule has 0 unspecified atom stereocenters. The molecule has 1 heterocycles. The van der Waals surface area contributed by atoms with Gasteiger partial charge in [-0.3, -0.25) is 4.79 Å². The highest BCUT2D eigenvalue weighted by molar-refractivity contribution is 8.19. The Morgan fingerprint density at radius 1 is 1.35 bits per heavy atom. The van der Waals surface area contributed by atoms with Crippen LogP contribution in [0.3, 0.4) is 0 Å². The Kier molecular flexibility index (Phi) is 4.41. The van der Waals surface area contributed by atoms with Gasteiger partial charge in [0.1, 0.15) is 0 Å². The predicted octanol–water partition coefficient (Wildman–Crippen LogP) is 2.53. The standard InChI is InChI=1S/C13H13NOS2/c1-2-7-14-12(15)10-3-5-11(6-4-10)13-16-8-9-17-13/h1,3-6,13H,7-9H2,(H,14,15). The van der Waals surface area contributed by atoms with E-state index in [1.165, 1.54) is 17.1 Å². The Balaban J connectivity index is 2.02. The molecule has 0 radical (unpaired) electrons. The van der Waals surface area contributed by atoms with Gasteiger partial charge in [-0.25, -0.2) is 0 Å². The van der Waals surface area contributed by atoms with Crippen LogP contribution in [0.25, 0.3) is 0 Å². The fourth-order valence-electron chi connectivity index (χ4n) is 1.58. The first kappa shape index (κ1) is 12.4. The monoisotopic (exact) mass is 263 g/mol. The van der Waals surface area contributed by atoms with Crippen LogP contribution in [0, 0.1) is 12.3 Å².